The molecule has 120 valence electrons. The van der Waals surface area contributed by atoms with E-state index in [0.717, 1.165) is 13.1 Å². The van der Waals surface area contributed by atoms with Crippen molar-refractivity contribution in [2.45, 2.75) is 20.3 Å². The highest BCUT2D eigenvalue weighted by atomic mass is 35.5. The largest absolute Gasteiger partial charge is 0.369 e. The van der Waals surface area contributed by atoms with E-state index >= 15 is 0 Å². The Morgan fingerprint density at radius 1 is 1.45 bits per heavy atom. The Labute approximate surface area is 134 Å². The Balaban J connectivity index is 2.22. The zero-order valence-corrected chi connectivity index (χ0v) is 13.5. The van der Waals surface area contributed by atoms with Crippen LogP contribution in [0.25, 0.3) is 0 Å². The zero-order valence-electron chi connectivity index (χ0n) is 12.8. The molecule has 1 unspecified atom stereocenters. The summed E-state index contributed by atoms with van der Waals surface area (Å²) in [4.78, 5) is 35.8. The zero-order chi connectivity index (χ0) is 16.3. The number of carbonyl (C=O) groups excluding carboxylic acids is 2. The number of likely N-dealkylation sites (tertiary alicyclic amines) is 1. The molecule has 2 N–H and O–H groups in total. The van der Waals surface area contributed by atoms with Crippen LogP contribution in [-0.2, 0) is 4.79 Å². The molecule has 1 fully saturated rings. The molecule has 0 bridgehead atoms. The molecule has 2 rings (SSSR count). The molecule has 1 aliphatic heterocycles. The summed E-state index contributed by atoms with van der Waals surface area (Å²) in [6.45, 7) is 6.24. The summed E-state index contributed by atoms with van der Waals surface area (Å²) in [7, 11) is 0. The predicted molar refractivity (Wildman–Crippen MR) is 83.8 cm³/mol. The first-order chi connectivity index (χ1) is 10.5. The van der Waals surface area contributed by atoms with E-state index in [0.29, 0.717) is 25.5 Å². The fraction of sp³-hybridized carbons (Fsp3) is 0.571. The van der Waals surface area contributed by atoms with E-state index in [4.69, 9.17) is 17.3 Å². The minimum Gasteiger partial charge on any atom is -0.369 e. The number of rotatable bonds is 5. The van der Waals surface area contributed by atoms with Gasteiger partial charge in [-0.25, -0.2) is 9.97 Å². The van der Waals surface area contributed by atoms with Gasteiger partial charge in [-0.15, -0.1) is 0 Å². The van der Waals surface area contributed by atoms with Crippen molar-refractivity contribution in [3.05, 3.63) is 16.9 Å². The van der Waals surface area contributed by atoms with Crippen molar-refractivity contribution < 1.29 is 9.59 Å². The Morgan fingerprint density at radius 3 is 2.68 bits per heavy atom. The Morgan fingerprint density at radius 2 is 2.14 bits per heavy atom. The molecule has 0 aromatic carbocycles. The van der Waals surface area contributed by atoms with Crippen LogP contribution in [0.2, 0.25) is 5.02 Å². The second kappa shape index (κ2) is 6.91. The molecule has 1 aromatic heterocycles. The van der Waals surface area contributed by atoms with Gasteiger partial charge in [0, 0.05) is 26.2 Å². The third-order valence-electron chi connectivity index (χ3n) is 3.86. The average molecular weight is 326 g/mol. The average Bonchev–Trinajstić information content (AvgIpc) is 2.99. The third-order valence-corrected chi connectivity index (χ3v) is 4.13. The highest BCUT2D eigenvalue weighted by molar-refractivity contribution is 6.33. The second-order valence-corrected chi connectivity index (χ2v) is 5.59. The number of hydrogen-bond donors (Lipinski definition) is 1. The van der Waals surface area contributed by atoms with Crippen molar-refractivity contribution in [2.75, 3.05) is 31.1 Å². The molecule has 22 heavy (non-hydrogen) atoms. The molecule has 1 atom stereocenters. The quantitative estimate of drug-likeness (QED) is 0.869. The molecule has 0 saturated carbocycles. The van der Waals surface area contributed by atoms with E-state index in [1.165, 1.54) is 6.20 Å². The van der Waals surface area contributed by atoms with E-state index in [2.05, 4.69) is 9.97 Å². The monoisotopic (exact) mass is 325 g/mol. The van der Waals surface area contributed by atoms with Crippen molar-refractivity contribution in [2.24, 2.45) is 11.7 Å². The number of primary amides is 1. The minimum absolute atomic E-state index is 0.170. The molecule has 2 heterocycles. The van der Waals surface area contributed by atoms with E-state index in [1.807, 2.05) is 18.7 Å². The van der Waals surface area contributed by atoms with Crippen molar-refractivity contribution >= 4 is 29.4 Å². The maximum atomic E-state index is 12.6. The van der Waals surface area contributed by atoms with Crippen LogP contribution >= 0.6 is 11.6 Å². The summed E-state index contributed by atoms with van der Waals surface area (Å²) >= 11 is 6.08. The first-order valence-corrected chi connectivity index (χ1v) is 7.71. The summed E-state index contributed by atoms with van der Waals surface area (Å²) in [5.74, 6) is -0.493. The number of anilines is 1. The minimum atomic E-state index is -0.382. The first kappa shape index (κ1) is 16.5. The topological polar surface area (TPSA) is 92.4 Å². The second-order valence-electron chi connectivity index (χ2n) is 5.18. The van der Waals surface area contributed by atoms with Crippen molar-refractivity contribution in [1.29, 1.82) is 0 Å². The Hall–Kier alpha value is -1.89. The van der Waals surface area contributed by atoms with Crippen LogP contribution in [0, 0.1) is 5.92 Å². The van der Waals surface area contributed by atoms with Crippen molar-refractivity contribution in [3.8, 4) is 0 Å². The summed E-state index contributed by atoms with van der Waals surface area (Å²) in [6.07, 6.45) is 2.02. The highest BCUT2D eigenvalue weighted by Crippen LogP contribution is 2.22. The molecule has 0 radical (unpaired) electrons. The SMILES string of the molecule is CCN(CC)c1ncc(Cl)c(C(=O)N2CCC(C(N)=O)C2)n1. The highest BCUT2D eigenvalue weighted by Gasteiger charge is 2.32. The molecule has 7 nitrogen and oxygen atoms in total. The van der Waals surface area contributed by atoms with Gasteiger partial charge >= 0.3 is 0 Å². The molecule has 0 aliphatic carbocycles. The Kier molecular flexibility index (Phi) is 5.18. The lowest BCUT2D eigenvalue weighted by molar-refractivity contribution is -0.121. The maximum absolute atomic E-state index is 12.6. The fourth-order valence-corrected chi connectivity index (χ4v) is 2.67. The van der Waals surface area contributed by atoms with Gasteiger partial charge < -0.3 is 15.5 Å². The van der Waals surface area contributed by atoms with E-state index in [1.54, 1.807) is 4.90 Å². The van der Waals surface area contributed by atoms with Crippen LogP contribution in [0.3, 0.4) is 0 Å². The number of hydrogen-bond acceptors (Lipinski definition) is 5. The third kappa shape index (κ3) is 3.30. The predicted octanol–water partition coefficient (Wildman–Crippen LogP) is 0.924. The van der Waals surface area contributed by atoms with Crippen LogP contribution in [0.1, 0.15) is 30.8 Å². The van der Waals surface area contributed by atoms with Gasteiger partial charge in [0.25, 0.3) is 5.91 Å². The van der Waals surface area contributed by atoms with Gasteiger partial charge in [0.15, 0.2) is 5.69 Å². The molecule has 0 spiro atoms. The lowest BCUT2D eigenvalue weighted by Gasteiger charge is -2.20. The van der Waals surface area contributed by atoms with E-state index in [9.17, 15) is 9.59 Å². The molecular weight excluding hydrogens is 306 g/mol. The van der Waals surface area contributed by atoms with Gasteiger partial charge in [-0.05, 0) is 20.3 Å². The molecular formula is C14H20ClN5O2. The van der Waals surface area contributed by atoms with Gasteiger partial charge in [0.2, 0.25) is 11.9 Å². The smallest absolute Gasteiger partial charge is 0.274 e. The van der Waals surface area contributed by atoms with Gasteiger partial charge in [0.1, 0.15) is 0 Å². The molecule has 8 heteroatoms. The number of amides is 2. The number of nitrogens with two attached hydrogens (primary N) is 1. The summed E-state index contributed by atoms with van der Waals surface area (Å²) in [5, 5.41) is 0.212. The lowest BCUT2D eigenvalue weighted by Crippen LogP contribution is -2.33. The standard InChI is InChI=1S/C14H20ClN5O2/c1-3-19(4-2)14-17-7-10(15)11(18-14)13(22)20-6-5-9(8-20)12(16)21/h7,9H,3-6,8H2,1-2H3,(H2,16,21). The maximum Gasteiger partial charge on any atom is 0.274 e. The first-order valence-electron chi connectivity index (χ1n) is 7.34. The molecule has 1 aromatic rings. The van der Waals surface area contributed by atoms with Gasteiger partial charge in [-0.1, -0.05) is 11.6 Å². The number of nitrogens with zero attached hydrogens (tertiary/aromatic N) is 4. The fourth-order valence-electron chi connectivity index (χ4n) is 2.49. The van der Waals surface area contributed by atoms with Gasteiger partial charge in [-0.3, -0.25) is 9.59 Å². The van der Waals surface area contributed by atoms with E-state index in [-0.39, 0.29) is 28.4 Å². The number of halogens is 1. The molecule has 1 saturated heterocycles. The summed E-state index contributed by atoms with van der Waals surface area (Å²) < 4.78 is 0. The van der Waals surface area contributed by atoms with Crippen LogP contribution in [0.15, 0.2) is 6.20 Å². The van der Waals surface area contributed by atoms with Crippen LogP contribution in [0.5, 0.6) is 0 Å². The van der Waals surface area contributed by atoms with Crippen LogP contribution < -0.4 is 10.6 Å². The molecule has 1 aliphatic rings. The normalized spacial score (nSPS) is 17.6. The number of carbonyl (C=O) groups is 2. The number of aromatic nitrogens is 2. The van der Waals surface area contributed by atoms with Crippen LogP contribution in [-0.4, -0.2) is 52.9 Å². The Bertz CT molecular complexity index is 576. The summed E-state index contributed by atoms with van der Waals surface area (Å²) in [5.41, 5.74) is 5.46. The lowest BCUT2D eigenvalue weighted by atomic mass is 10.1. The van der Waals surface area contributed by atoms with Gasteiger partial charge in [0.05, 0.1) is 17.1 Å². The van der Waals surface area contributed by atoms with Crippen molar-refractivity contribution in [1.82, 2.24) is 14.9 Å². The van der Waals surface area contributed by atoms with E-state index < -0.39 is 0 Å². The van der Waals surface area contributed by atoms with Crippen LogP contribution in [0.4, 0.5) is 5.95 Å². The van der Waals surface area contributed by atoms with Crippen molar-refractivity contribution in [3.63, 3.8) is 0 Å². The van der Waals surface area contributed by atoms with Gasteiger partial charge in [-0.2, -0.15) is 0 Å². The summed E-state index contributed by atoms with van der Waals surface area (Å²) in [6, 6.07) is 0. The molecule has 2 amide bonds.